The van der Waals surface area contributed by atoms with Crippen LogP contribution >= 0.6 is 0 Å². The van der Waals surface area contributed by atoms with Crippen molar-refractivity contribution in [3.63, 3.8) is 0 Å². The van der Waals surface area contributed by atoms with Crippen LogP contribution in [0.2, 0.25) is 0 Å². The van der Waals surface area contributed by atoms with E-state index in [1.165, 1.54) is 5.56 Å². The van der Waals surface area contributed by atoms with E-state index < -0.39 is 0 Å². The zero-order valence-corrected chi connectivity index (χ0v) is 11.6. The molecule has 0 fully saturated rings. The summed E-state index contributed by atoms with van der Waals surface area (Å²) in [6, 6.07) is 18.2. The van der Waals surface area contributed by atoms with E-state index in [4.69, 9.17) is 0 Å². The topological polar surface area (TPSA) is 3.24 Å². The average molecular weight is 267 g/mol. The van der Waals surface area contributed by atoms with Crippen LogP contribution in [0.25, 0.3) is 5.57 Å². The van der Waals surface area contributed by atoms with E-state index in [0.29, 0.717) is 13.0 Å². The Bertz CT molecular complexity index is 631. The average Bonchev–Trinajstić information content (AvgIpc) is 2.51. The Kier molecular flexibility index (Phi) is 3.55. The van der Waals surface area contributed by atoms with Crippen molar-refractivity contribution in [2.45, 2.75) is 12.8 Å². The molecule has 0 spiro atoms. The first-order valence-corrected chi connectivity index (χ1v) is 6.97. The molecule has 20 heavy (non-hydrogen) atoms. The lowest BCUT2D eigenvalue weighted by Crippen LogP contribution is -2.21. The molecule has 2 aromatic rings. The molecule has 3 rings (SSSR count). The first-order valence-electron chi connectivity index (χ1n) is 6.97. The van der Waals surface area contributed by atoms with Crippen molar-refractivity contribution in [3.8, 4) is 0 Å². The maximum absolute atomic E-state index is 14.3. The van der Waals surface area contributed by atoms with Gasteiger partial charge in [-0.05, 0) is 29.7 Å². The van der Waals surface area contributed by atoms with Crippen molar-refractivity contribution in [2.75, 3.05) is 18.5 Å². The Morgan fingerprint density at radius 2 is 1.65 bits per heavy atom. The summed E-state index contributed by atoms with van der Waals surface area (Å²) >= 11 is 0. The second-order valence-corrected chi connectivity index (χ2v) is 5.23. The number of para-hydroxylation sites is 1. The summed E-state index contributed by atoms with van der Waals surface area (Å²) in [5, 5.41) is 0. The van der Waals surface area contributed by atoms with Gasteiger partial charge in [0.25, 0.3) is 0 Å². The predicted octanol–water partition coefficient (Wildman–Crippen LogP) is 4.45. The standard InChI is InChI=1S/C18H18FN/c1-20(15-8-3-2-4-9-15)13-17-16-10-6-5-7-14(16)11-12-18(17)19/h2-10H,11-13H2,1H3. The molecule has 0 saturated carbocycles. The minimum Gasteiger partial charge on any atom is -0.370 e. The van der Waals surface area contributed by atoms with Crippen molar-refractivity contribution < 1.29 is 4.39 Å². The molecule has 1 nitrogen and oxygen atoms in total. The largest absolute Gasteiger partial charge is 0.370 e. The van der Waals surface area contributed by atoms with Gasteiger partial charge in [-0.15, -0.1) is 0 Å². The van der Waals surface area contributed by atoms with Crippen LogP contribution in [0.5, 0.6) is 0 Å². The predicted molar refractivity (Wildman–Crippen MR) is 82.5 cm³/mol. The second-order valence-electron chi connectivity index (χ2n) is 5.23. The number of hydrogen-bond donors (Lipinski definition) is 0. The summed E-state index contributed by atoms with van der Waals surface area (Å²) in [6.45, 7) is 0.604. The highest BCUT2D eigenvalue weighted by atomic mass is 19.1. The number of nitrogens with zero attached hydrogens (tertiary/aromatic N) is 1. The fourth-order valence-corrected chi connectivity index (χ4v) is 2.76. The lowest BCUT2D eigenvalue weighted by molar-refractivity contribution is 0.582. The van der Waals surface area contributed by atoms with E-state index in [-0.39, 0.29) is 5.83 Å². The van der Waals surface area contributed by atoms with Crippen molar-refractivity contribution in [1.82, 2.24) is 0 Å². The van der Waals surface area contributed by atoms with E-state index in [1.54, 1.807) is 0 Å². The number of allylic oxidation sites excluding steroid dienone is 1. The SMILES string of the molecule is CN(CC1=C(F)CCc2ccccc21)c1ccccc1. The molecule has 2 aromatic carbocycles. The van der Waals surface area contributed by atoms with Crippen LogP contribution in [-0.4, -0.2) is 13.6 Å². The summed E-state index contributed by atoms with van der Waals surface area (Å²) in [7, 11) is 2.01. The molecule has 0 bridgehead atoms. The smallest absolute Gasteiger partial charge is 0.106 e. The molecule has 0 heterocycles. The molecule has 0 unspecified atom stereocenters. The highest BCUT2D eigenvalue weighted by Gasteiger charge is 2.19. The van der Waals surface area contributed by atoms with Crippen LogP contribution in [0.3, 0.4) is 0 Å². The molecule has 0 radical (unpaired) electrons. The molecule has 0 saturated heterocycles. The van der Waals surface area contributed by atoms with E-state index in [9.17, 15) is 4.39 Å². The normalized spacial score (nSPS) is 14.1. The Hall–Kier alpha value is -2.09. The van der Waals surface area contributed by atoms with Gasteiger partial charge >= 0.3 is 0 Å². The highest BCUT2D eigenvalue weighted by Crippen LogP contribution is 2.33. The monoisotopic (exact) mass is 267 g/mol. The van der Waals surface area contributed by atoms with Crippen LogP contribution in [-0.2, 0) is 6.42 Å². The van der Waals surface area contributed by atoms with Crippen molar-refractivity contribution in [1.29, 1.82) is 0 Å². The maximum Gasteiger partial charge on any atom is 0.106 e. The van der Waals surface area contributed by atoms with Gasteiger partial charge in [0.2, 0.25) is 0 Å². The Morgan fingerprint density at radius 3 is 2.45 bits per heavy atom. The maximum atomic E-state index is 14.3. The number of hydrogen-bond acceptors (Lipinski definition) is 1. The van der Waals surface area contributed by atoms with Crippen molar-refractivity contribution in [3.05, 3.63) is 71.6 Å². The highest BCUT2D eigenvalue weighted by molar-refractivity contribution is 5.75. The zero-order chi connectivity index (χ0) is 13.9. The number of likely N-dealkylation sites (N-methyl/N-ethyl adjacent to an activating group) is 1. The van der Waals surface area contributed by atoms with Crippen molar-refractivity contribution in [2.24, 2.45) is 0 Å². The molecule has 0 N–H and O–H groups in total. The Labute approximate surface area is 119 Å². The minimum absolute atomic E-state index is 0.0338. The quantitative estimate of drug-likeness (QED) is 0.794. The number of fused-ring (bicyclic) bond motifs is 1. The van der Waals surface area contributed by atoms with Gasteiger partial charge in [0.05, 0.1) is 0 Å². The number of anilines is 1. The zero-order valence-electron chi connectivity index (χ0n) is 11.6. The molecular formula is C18H18FN. The molecule has 1 aliphatic rings. The van der Waals surface area contributed by atoms with E-state index in [1.807, 2.05) is 55.6 Å². The molecule has 0 aliphatic heterocycles. The minimum atomic E-state index is 0.0338. The van der Waals surface area contributed by atoms with Gasteiger partial charge in [0.1, 0.15) is 5.83 Å². The van der Waals surface area contributed by atoms with Gasteiger partial charge in [-0.1, -0.05) is 42.5 Å². The van der Waals surface area contributed by atoms with Gasteiger partial charge < -0.3 is 4.90 Å². The summed E-state index contributed by atoms with van der Waals surface area (Å²) in [4.78, 5) is 2.09. The third kappa shape index (κ3) is 2.46. The second kappa shape index (κ2) is 5.49. The Balaban J connectivity index is 1.90. The fourth-order valence-electron chi connectivity index (χ4n) is 2.76. The van der Waals surface area contributed by atoms with Gasteiger partial charge in [-0.3, -0.25) is 0 Å². The van der Waals surface area contributed by atoms with Crippen LogP contribution in [0.15, 0.2) is 60.4 Å². The first-order chi connectivity index (χ1) is 9.75. The summed E-state index contributed by atoms with van der Waals surface area (Å²) < 4.78 is 14.3. The Morgan fingerprint density at radius 1 is 0.950 bits per heavy atom. The van der Waals surface area contributed by atoms with Crippen LogP contribution < -0.4 is 4.90 Å². The molecular weight excluding hydrogens is 249 g/mol. The molecule has 1 aliphatic carbocycles. The number of halogens is 1. The number of rotatable bonds is 3. The fraction of sp³-hybridized carbons (Fsp3) is 0.222. The lowest BCUT2D eigenvalue weighted by atomic mass is 9.90. The third-order valence-corrected chi connectivity index (χ3v) is 3.88. The first kappa shape index (κ1) is 12.9. The van der Waals surface area contributed by atoms with Crippen LogP contribution in [0.1, 0.15) is 17.5 Å². The molecule has 0 amide bonds. The molecule has 2 heteroatoms. The van der Waals surface area contributed by atoms with Crippen LogP contribution in [0, 0.1) is 0 Å². The number of benzene rings is 2. The van der Waals surface area contributed by atoms with Gasteiger partial charge in [-0.25, -0.2) is 4.39 Å². The summed E-state index contributed by atoms with van der Waals surface area (Å²) in [6.07, 6.45) is 1.33. The van der Waals surface area contributed by atoms with Gasteiger partial charge in [0.15, 0.2) is 0 Å². The summed E-state index contributed by atoms with van der Waals surface area (Å²) in [5.41, 5.74) is 4.26. The van der Waals surface area contributed by atoms with Crippen LogP contribution in [0.4, 0.5) is 10.1 Å². The molecule has 0 aromatic heterocycles. The van der Waals surface area contributed by atoms with E-state index in [2.05, 4.69) is 11.0 Å². The number of aryl methyl sites for hydroxylation is 1. The van der Waals surface area contributed by atoms with Gasteiger partial charge in [0, 0.05) is 31.3 Å². The third-order valence-electron chi connectivity index (χ3n) is 3.88. The summed E-state index contributed by atoms with van der Waals surface area (Å²) in [5.74, 6) is 0.0338. The van der Waals surface area contributed by atoms with Crippen molar-refractivity contribution >= 4 is 11.3 Å². The molecule has 0 atom stereocenters. The lowest BCUT2D eigenvalue weighted by Gasteiger charge is -2.25. The van der Waals surface area contributed by atoms with E-state index in [0.717, 1.165) is 23.2 Å². The van der Waals surface area contributed by atoms with Gasteiger partial charge in [-0.2, -0.15) is 0 Å². The van der Waals surface area contributed by atoms with E-state index >= 15 is 0 Å². The molecule has 102 valence electrons.